The average molecular weight is 424 g/mol. The predicted molar refractivity (Wildman–Crippen MR) is 110 cm³/mol. The van der Waals surface area contributed by atoms with Crippen LogP contribution in [-0.4, -0.2) is 53.4 Å². The van der Waals surface area contributed by atoms with E-state index in [1.807, 2.05) is 4.90 Å². The number of aromatic nitrogens is 6. The Labute approximate surface area is 172 Å². The van der Waals surface area contributed by atoms with Gasteiger partial charge in [-0.05, 0) is 32.3 Å². The largest absolute Gasteiger partial charge is 0.336 e. The van der Waals surface area contributed by atoms with Crippen LogP contribution in [0.4, 0.5) is 5.69 Å². The summed E-state index contributed by atoms with van der Waals surface area (Å²) in [5, 5.41) is 21.4. The Morgan fingerprint density at radius 2 is 1.81 bits per heavy atom. The van der Waals surface area contributed by atoms with Crippen molar-refractivity contribution >= 4 is 16.7 Å². The van der Waals surface area contributed by atoms with Crippen LogP contribution in [-0.2, 0) is 6.54 Å². The van der Waals surface area contributed by atoms with E-state index >= 15 is 0 Å². The number of rotatable bonds is 5. The maximum Gasteiger partial charge on any atom is 0.336 e. The van der Waals surface area contributed by atoms with Gasteiger partial charge in [-0.1, -0.05) is 0 Å². The summed E-state index contributed by atoms with van der Waals surface area (Å²) in [6, 6.07) is 8.07. The summed E-state index contributed by atoms with van der Waals surface area (Å²) in [5.41, 5.74) is -1.000. The molecule has 31 heavy (non-hydrogen) atoms. The highest BCUT2D eigenvalue weighted by Crippen LogP contribution is 2.21. The number of benzene rings is 1. The highest BCUT2D eigenvalue weighted by molar-refractivity contribution is 5.78. The van der Waals surface area contributed by atoms with Crippen molar-refractivity contribution in [2.75, 3.05) is 14.1 Å². The molecular weight excluding hydrogens is 408 g/mol. The Bertz CT molecular complexity index is 1460. The molecule has 0 spiro atoms. The third-order valence-electron chi connectivity index (χ3n) is 4.49. The fourth-order valence-electron chi connectivity index (χ4n) is 3.17. The Morgan fingerprint density at radius 3 is 2.39 bits per heavy atom. The van der Waals surface area contributed by atoms with E-state index in [2.05, 4.69) is 20.3 Å². The second-order valence-electron chi connectivity index (χ2n) is 6.94. The SMILES string of the molecule is CN(C)Cc1c2c(=O)n(-c3ccc(=O)[nH]n3)c(=O)[nH]c2nn1-c1ccc([N+](=O)[O-])cc1. The third kappa shape index (κ3) is 3.53. The Balaban J connectivity index is 2.00. The summed E-state index contributed by atoms with van der Waals surface area (Å²) >= 11 is 0. The van der Waals surface area contributed by atoms with E-state index in [1.54, 1.807) is 14.1 Å². The Hall–Kier alpha value is -4.39. The minimum Gasteiger partial charge on any atom is -0.304 e. The van der Waals surface area contributed by atoms with Gasteiger partial charge in [-0.3, -0.25) is 24.7 Å². The summed E-state index contributed by atoms with van der Waals surface area (Å²) in [7, 11) is 3.60. The summed E-state index contributed by atoms with van der Waals surface area (Å²) in [6.07, 6.45) is 0. The summed E-state index contributed by atoms with van der Waals surface area (Å²) in [4.78, 5) is 51.9. The van der Waals surface area contributed by atoms with Crippen LogP contribution in [0.25, 0.3) is 22.5 Å². The first kappa shape index (κ1) is 19.9. The summed E-state index contributed by atoms with van der Waals surface area (Å²) in [6.45, 7) is 0.286. The van der Waals surface area contributed by atoms with Gasteiger partial charge >= 0.3 is 5.69 Å². The van der Waals surface area contributed by atoms with Gasteiger partial charge in [-0.25, -0.2) is 19.1 Å². The lowest BCUT2D eigenvalue weighted by Gasteiger charge is -2.12. The Kier molecular flexibility index (Phi) is 4.79. The number of nitrogens with one attached hydrogen (secondary N) is 2. The molecule has 0 radical (unpaired) electrons. The standard InChI is InChI=1S/C18H16N8O5/c1-23(2)9-12-15-16(22-25(12)10-3-5-11(6-4-10)26(30)31)19-18(29)24(17(15)28)13-7-8-14(27)21-20-13/h3-8H,9H2,1-2H3,(H,21,27)(H,19,22,29). The van der Waals surface area contributed by atoms with E-state index in [0.29, 0.717) is 11.4 Å². The minimum absolute atomic E-state index is 0.0494. The molecule has 13 heteroatoms. The van der Waals surface area contributed by atoms with Crippen LogP contribution in [0, 0.1) is 10.1 Å². The first-order valence-corrected chi connectivity index (χ1v) is 8.99. The van der Waals surface area contributed by atoms with Crippen LogP contribution in [0.2, 0.25) is 0 Å². The second kappa shape index (κ2) is 7.46. The minimum atomic E-state index is -0.776. The molecule has 0 amide bonds. The normalized spacial score (nSPS) is 11.3. The highest BCUT2D eigenvalue weighted by Gasteiger charge is 2.21. The van der Waals surface area contributed by atoms with E-state index in [4.69, 9.17) is 0 Å². The van der Waals surface area contributed by atoms with E-state index in [0.717, 1.165) is 10.6 Å². The first-order chi connectivity index (χ1) is 14.8. The van der Waals surface area contributed by atoms with Gasteiger partial charge < -0.3 is 4.90 Å². The molecule has 158 valence electrons. The number of non-ortho nitro benzene ring substituents is 1. The fraction of sp³-hybridized carbons (Fsp3) is 0.167. The lowest BCUT2D eigenvalue weighted by molar-refractivity contribution is -0.384. The van der Waals surface area contributed by atoms with Crippen molar-refractivity contribution in [1.29, 1.82) is 0 Å². The van der Waals surface area contributed by atoms with Crippen LogP contribution in [0.1, 0.15) is 5.69 Å². The molecule has 13 nitrogen and oxygen atoms in total. The van der Waals surface area contributed by atoms with E-state index in [9.17, 15) is 24.5 Å². The van der Waals surface area contributed by atoms with Gasteiger partial charge in [-0.15, -0.1) is 5.10 Å². The molecule has 0 fully saturated rings. The molecule has 2 N–H and O–H groups in total. The van der Waals surface area contributed by atoms with Crippen LogP contribution in [0.5, 0.6) is 0 Å². The number of nitro benzene ring substituents is 1. The summed E-state index contributed by atoms with van der Waals surface area (Å²) in [5.74, 6) is -0.0494. The maximum atomic E-state index is 13.3. The zero-order valence-electron chi connectivity index (χ0n) is 16.4. The van der Waals surface area contributed by atoms with Gasteiger partial charge in [-0.2, -0.15) is 5.10 Å². The molecule has 4 aromatic rings. The van der Waals surface area contributed by atoms with E-state index in [-0.39, 0.29) is 29.1 Å². The fourth-order valence-corrected chi connectivity index (χ4v) is 3.17. The molecule has 0 saturated carbocycles. The van der Waals surface area contributed by atoms with Crippen molar-refractivity contribution in [3.63, 3.8) is 0 Å². The average Bonchev–Trinajstić information content (AvgIpc) is 3.07. The highest BCUT2D eigenvalue weighted by atomic mass is 16.6. The van der Waals surface area contributed by atoms with E-state index in [1.165, 1.54) is 35.0 Å². The van der Waals surface area contributed by atoms with Crippen molar-refractivity contribution in [2.45, 2.75) is 6.54 Å². The van der Waals surface area contributed by atoms with Gasteiger partial charge in [0.05, 0.1) is 16.3 Å². The molecule has 0 aliphatic rings. The molecule has 0 atom stereocenters. The number of hydrogen-bond acceptors (Lipinski definition) is 8. The molecule has 1 aromatic carbocycles. The van der Waals surface area contributed by atoms with Gasteiger partial charge in [0.25, 0.3) is 16.8 Å². The van der Waals surface area contributed by atoms with Gasteiger partial charge in [0, 0.05) is 24.7 Å². The van der Waals surface area contributed by atoms with Crippen molar-refractivity contribution in [1.82, 2.24) is 34.4 Å². The summed E-state index contributed by atoms with van der Waals surface area (Å²) < 4.78 is 2.26. The molecule has 0 saturated heterocycles. The monoisotopic (exact) mass is 424 g/mol. The van der Waals surface area contributed by atoms with Crippen LogP contribution in [0.15, 0.2) is 50.8 Å². The quantitative estimate of drug-likeness (QED) is 0.331. The lowest BCUT2D eigenvalue weighted by Crippen LogP contribution is -2.35. The number of nitrogens with zero attached hydrogens (tertiary/aromatic N) is 6. The molecule has 3 aromatic heterocycles. The third-order valence-corrected chi connectivity index (χ3v) is 4.49. The molecule has 4 rings (SSSR count). The molecule has 0 unspecified atom stereocenters. The molecular formula is C18H16N8O5. The number of H-pyrrole nitrogens is 2. The number of hydrogen-bond donors (Lipinski definition) is 2. The van der Waals surface area contributed by atoms with E-state index < -0.39 is 21.7 Å². The Morgan fingerprint density at radius 1 is 1.10 bits per heavy atom. The number of nitro groups is 1. The predicted octanol–water partition coefficient (Wildman–Crippen LogP) is -0.0822. The molecule has 0 aliphatic heterocycles. The first-order valence-electron chi connectivity index (χ1n) is 8.99. The number of aromatic amines is 2. The topological polar surface area (TPSA) is 165 Å². The second-order valence-corrected chi connectivity index (χ2v) is 6.94. The van der Waals surface area contributed by atoms with Crippen molar-refractivity contribution < 1.29 is 4.92 Å². The molecule has 0 aliphatic carbocycles. The smallest absolute Gasteiger partial charge is 0.304 e. The molecule has 3 heterocycles. The zero-order valence-corrected chi connectivity index (χ0v) is 16.4. The lowest BCUT2D eigenvalue weighted by atomic mass is 10.2. The van der Waals surface area contributed by atoms with Crippen molar-refractivity contribution in [3.05, 3.63) is 83.4 Å². The molecule has 0 bridgehead atoms. The van der Waals surface area contributed by atoms with Crippen molar-refractivity contribution in [2.24, 2.45) is 0 Å². The zero-order chi connectivity index (χ0) is 22.3. The maximum absolute atomic E-state index is 13.3. The van der Waals surface area contributed by atoms with Gasteiger partial charge in [0.1, 0.15) is 5.39 Å². The van der Waals surface area contributed by atoms with Crippen molar-refractivity contribution in [3.8, 4) is 11.5 Å². The van der Waals surface area contributed by atoms with Gasteiger partial charge in [0.15, 0.2) is 11.5 Å². The van der Waals surface area contributed by atoms with Crippen LogP contribution >= 0.6 is 0 Å². The van der Waals surface area contributed by atoms with Gasteiger partial charge in [0.2, 0.25) is 0 Å². The van der Waals surface area contributed by atoms with Crippen LogP contribution < -0.4 is 16.8 Å². The van der Waals surface area contributed by atoms with Crippen LogP contribution in [0.3, 0.4) is 0 Å². The number of fused-ring (bicyclic) bond motifs is 1.